The fourth-order valence-corrected chi connectivity index (χ4v) is 1.08. The number of carbonyl (C=O) groups is 2. The second kappa shape index (κ2) is 5.08. The van der Waals surface area contributed by atoms with Crippen LogP contribution in [0, 0.1) is 0 Å². The van der Waals surface area contributed by atoms with Gasteiger partial charge in [-0.05, 0) is 0 Å². The van der Waals surface area contributed by atoms with Crippen molar-refractivity contribution < 1.29 is 14.7 Å². The molecule has 1 aromatic rings. The summed E-state index contributed by atoms with van der Waals surface area (Å²) in [6.07, 6.45) is 1.44. The van der Waals surface area contributed by atoms with E-state index in [1.165, 1.54) is 11.2 Å². The molecule has 1 rings (SSSR count). The fourth-order valence-electron chi connectivity index (χ4n) is 1.08. The summed E-state index contributed by atoms with van der Waals surface area (Å²) in [5, 5.41) is 14.7. The summed E-state index contributed by atoms with van der Waals surface area (Å²) in [5.74, 6) is -0.862. The van der Waals surface area contributed by atoms with Crippen molar-refractivity contribution >= 4 is 17.8 Å². The third kappa shape index (κ3) is 3.04. The number of rotatable bonds is 5. The third-order valence-electron chi connectivity index (χ3n) is 1.81. The fraction of sp³-hybridized carbons (Fsp3) is 0.500. The van der Waals surface area contributed by atoms with Crippen LogP contribution in [0.1, 0.15) is 19.8 Å². The van der Waals surface area contributed by atoms with Gasteiger partial charge in [0.05, 0.1) is 6.42 Å². The highest BCUT2D eigenvalue weighted by Gasteiger charge is 2.17. The summed E-state index contributed by atoms with van der Waals surface area (Å²) in [4.78, 5) is 27.0. The van der Waals surface area contributed by atoms with Crippen LogP contribution in [0.15, 0.2) is 6.33 Å². The molecule has 7 nitrogen and oxygen atoms in total. The van der Waals surface area contributed by atoms with Gasteiger partial charge in [0.25, 0.3) is 0 Å². The summed E-state index contributed by atoms with van der Waals surface area (Å²) in [7, 11) is 0. The number of carboxylic acids is 1. The molecule has 1 amide bonds. The summed E-state index contributed by atoms with van der Waals surface area (Å²) in [6.45, 7) is 1.80. The molecule has 2 N–H and O–H groups in total. The van der Waals surface area contributed by atoms with Crippen LogP contribution in [0.3, 0.4) is 0 Å². The van der Waals surface area contributed by atoms with Gasteiger partial charge in [0, 0.05) is 13.0 Å². The minimum Gasteiger partial charge on any atom is -0.481 e. The van der Waals surface area contributed by atoms with E-state index >= 15 is 0 Å². The van der Waals surface area contributed by atoms with E-state index < -0.39 is 5.97 Å². The number of nitrogens with zero attached hydrogens (tertiary/aromatic N) is 3. The minimum absolute atomic E-state index is 0.0944. The first-order valence-corrected chi connectivity index (χ1v) is 4.52. The Balaban J connectivity index is 2.70. The normalized spacial score (nSPS) is 9.93. The Kier molecular flexibility index (Phi) is 3.78. The second-order valence-corrected chi connectivity index (χ2v) is 2.85. The van der Waals surface area contributed by atoms with Gasteiger partial charge in [0.2, 0.25) is 11.9 Å². The molecule has 0 saturated heterocycles. The number of nitrogens with one attached hydrogen (secondary N) is 1. The number of aromatic amines is 1. The van der Waals surface area contributed by atoms with Crippen molar-refractivity contribution in [3.05, 3.63) is 6.33 Å². The van der Waals surface area contributed by atoms with E-state index in [1.807, 2.05) is 0 Å². The summed E-state index contributed by atoms with van der Waals surface area (Å²) in [6, 6.07) is 0. The minimum atomic E-state index is -0.955. The molecule has 0 radical (unpaired) electrons. The van der Waals surface area contributed by atoms with Crippen molar-refractivity contribution in [3.8, 4) is 0 Å². The molecule has 0 fully saturated rings. The number of amides is 1. The predicted molar refractivity (Wildman–Crippen MR) is 51.3 cm³/mol. The van der Waals surface area contributed by atoms with Crippen molar-refractivity contribution in [2.45, 2.75) is 19.8 Å². The first-order valence-electron chi connectivity index (χ1n) is 4.52. The average Bonchev–Trinajstić information content (AvgIpc) is 2.70. The lowest BCUT2D eigenvalue weighted by atomic mass is 10.3. The molecule has 0 atom stereocenters. The highest BCUT2D eigenvalue weighted by atomic mass is 16.4. The van der Waals surface area contributed by atoms with Crippen LogP contribution >= 0.6 is 0 Å². The largest absolute Gasteiger partial charge is 0.481 e. The van der Waals surface area contributed by atoms with Gasteiger partial charge in [-0.3, -0.25) is 14.5 Å². The maximum atomic E-state index is 11.5. The lowest BCUT2D eigenvalue weighted by Gasteiger charge is -2.17. The molecule has 0 spiro atoms. The monoisotopic (exact) mass is 212 g/mol. The lowest BCUT2D eigenvalue weighted by molar-refractivity contribution is -0.136. The number of carbonyl (C=O) groups excluding carboxylic acids is 1. The van der Waals surface area contributed by atoms with Crippen LogP contribution < -0.4 is 4.90 Å². The first-order chi connectivity index (χ1) is 7.15. The third-order valence-corrected chi connectivity index (χ3v) is 1.81. The molecule has 0 aromatic carbocycles. The molecule has 0 saturated carbocycles. The Morgan fingerprint density at radius 1 is 1.60 bits per heavy atom. The topological polar surface area (TPSA) is 99.2 Å². The van der Waals surface area contributed by atoms with Crippen LogP contribution in [0.5, 0.6) is 0 Å². The highest BCUT2D eigenvalue weighted by molar-refractivity contribution is 5.91. The smallest absolute Gasteiger partial charge is 0.305 e. The van der Waals surface area contributed by atoms with Crippen LogP contribution in [0.4, 0.5) is 5.95 Å². The standard InChI is InChI=1S/C8H12N4O3/c1-2-6(13)12(4-3-7(14)15)8-9-5-10-11-8/h5H,2-4H2,1H3,(H,14,15)(H,9,10,11). The number of hydrogen-bond acceptors (Lipinski definition) is 4. The Morgan fingerprint density at radius 3 is 2.80 bits per heavy atom. The molecular weight excluding hydrogens is 200 g/mol. The van der Waals surface area contributed by atoms with Crippen LogP contribution in [0.2, 0.25) is 0 Å². The molecule has 82 valence electrons. The predicted octanol–water partition coefficient (Wildman–Crippen LogP) is 0.0224. The second-order valence-electron chi connectivity index (χ2n) is 2.85. The van der Waals surface area contributed by atoms with Gasteiger partial charge in [-0.25, -0.2) is 5.10 Å². The maximum absolute atomic E-state index is 11.5. The van der Waals surface area contributed by atoms with E-state index in [0.29, 0.717) is 6.42 Å². The van der Waals surface area contributed by atoms with E-state index in [1.54, 1.807) is 6.92 Å². The van der Waals surface area contributed by atoms with Gasteiger partial charge in [0.15, 0.2) is 0 Å². The molecule has 0 unspecified atom stereocenters. The molecule has 0 aliphatic carbocycles. The molecule has 0 aliphatic rings. The highest BCUT2D eigenvalue weighted by Crippen LogP contribution is 2.07. The number of aromatic nitrogens is 3. The van der Waals surface area contributed by atoms with E-state index in [9.17, 15) is 9.59 Å². The summed E-state index contributed by atoms with van der Waals surface area (Å²) in [5.41, 5.74) is 0. The number of H-pyrrole nitrogens is 1. The zero-order valence-corrected chi connectivity index (χ0v) is 8.30. The quantitative estimate of drug-likeness (QED) is 0.716. The molecule has 7 heteroatoms. The first kappa shape index (κ1) is 11.2. The van der Waals surface area contributed by atoms with Gasteiger partial charge in [-0.15, -0.1) is 0 Å². The number of carboxylic acid groups (broad SMARTS) is 1. The SMILES string of the molecule is CCC(=O)N(CCC(=O)O)c1ncn[nH]1. The van der Waals surface area contributed by atoms with Crippen LogP contribution in [0.25, 0.3) is 0 Å². The Labute approximate surface area is 86.1 Å². The van der Waals surface area contributed by atoms with Gasteiger partial charge in [-0.1, -0.05) is 6.92 Å². The van der Waals surface area contributed by atoms with E-state index in [-0.39, 0.29) is 24.8 Å². The van der Waals surface area contributed by atoms with Crippen LogP contribution in [-0.4, -0.2) is 38.7 Å². The number of aliphatic carboxylic acids is 1. The van der Waals surface area contributed by atoms with Gasteiger partial charge >= 0.3 is 5.97 Å². The zero-order valence-electron chi connectivity index (χ0n) is 8.30. The van der Waals surface area contributed by atoms with Crippen molar-refractivity contribution in [2.24, 2.45) is 0 Å². The van der Waals surface area contributed by atoms with Gasteiger partial charge < -0.3 is 5.11 Å². The van der Waals surface area contributed by atoms with Crippen molar-refractivity contribution in [2.75, 3.05) is 11.4 Å². The molecule has 15 heavy (non-hydrogen) atoms. The average molecular weight is 212 g/mol. The van der Waals surface area contributed by atoms with E-state index in [2.05, 4.69) is 15.2 Å². The summed E-state index contributed by atoms with van der Waals surface area (Å²) >= 11 is 0. The Hall–Kier alpha value is -1.92. The molecule has 1 heterocycles. The van der Waals surface area contributed by atoms with Gasteiger partial charge in [0.1, 0.15) is 6.33 Å². The molecular formula is C8H12N4O3. The van der Waals surface area contributed by atoms with Crippen molar-refractivity contribution in [1.82, 2.24) is 15.2 Å². The molecule has 0 aliphatic heterocycles. The zero-order chi connectivity index (χ0) is 11.3. The summed E-state index contributed by atoms with van der Waals surface area (Å²) < 4.78 is 0. The van der Waals surface area contributed by atoms with E-state index in [4.69, 9.17) is 5.11 Å². The number of anilines is 1. The number of hydrogen-bond donors (Lipinski definition) is 2. The molecule has 1 aromatic heterocycles. The lowest BCUT2D eigenvalue weighted by Crippen LogP contribution is -2.33. The Morgan fingerprint density at radius 2 is 2.33 bits per heavy atom. The molecule has 0 bridgehead atoms. The van der Waals surface area contributed by atoms with Crippen molar-refractivity contribution in [3.63, 3.8) is 0 Å². The van der Waals surface area contributed by atoms with Crippen LogP contribution in [-0.2, 0) is 9.59 Å². The Bertz CT molecular complexity index is 336. The van der Waals surface area contributed by atoms with Gasteiger partial charge in [-0.2, -0.15) is 10.1 Å². The van der Waals surface area contributed by atoms with Crippen molar-refractivity contribution in [1.29, 1.82) is 0 Å². The maximum Gasteiger partial charge on any atom is 0.305 e. The van der Waals surface area contributed by atoms with E-state index in [0.717, 1.165) is 0 Å².